The number of carbonyl (C=O) groups excluding carboxylic acids is 1. The van der Waals surface area contributed by atoms with E-state index in [9.17, 15) is 13.6 Å². The van der Waals surface area contributed by atoms with Gasteiger partial charge in [0.1, 0.15) is 17.3 Å². The predicted molar refractivity (Wildman–Crippen MR) is 102 cm³/mol. The maximum absolute atomic E-state index is 13.7. The number of nitrogens with one attached hydrogen (secondary N) is 1. The zero-order chi connectivity index (χ0) is 20.1. The number of amides is 2. The van der Waals surface area contributed by atoms with E-state index in [1.165, 1.54) is 6.07 Å². The van der Waals surface area contributed by atoms with Gasteiger partial charge in [-0.15, -0.1) is 0 Å². The van der Waals surface area contributed by atoms with E-state index in [2.05, 4.69) is 10.2 Å². The maximum atomic E-state index is 13.7. The van der Waals surface area contributed by atoms with Crippen LogP contribution in [0.3, 0.4) is 0 Å². The summed E-state index contributed by atoms with van der Waals surface area (Å²) in [6, 6.07) is 8.74. The molecule has 1 aliphatic heterocycles. The van der Waals surface area contributed by atoms with Gasteiger partial charge in [-0.3, -0.25) is 4.90 Å². The Morgan fingerprint density at radius 3 is 2.25 bits per heavy atom. The minimum Gasteiger partial charge on any atom is -0.493 e. The highest BCUT2D eigenvalue weighted by atomic mass is 19.1. The van der Waals surface area contributed by atoms with Gasteiger partial charge in [-0.25, -0.2) is 13.6 Å². The van der Waals surface area contributed by atoms with Crippen LogP contribution in [0.5, 0.6) is 11.5 Å². The molecule has 0 aromatic heterocycles. The van der Waals surface area contributed by atoms with Gasteiger partial charge in [0, 0.05) is 32.7 Å². The molecule has 1 heterocycles. The standard InChI is InChI=1S/C20H23F2N3O3/c1-27-17-7-6-14(12-18(17)28-2)13-24-8-10-25(11-9-24)20(26)23-19-15(21)4-3-5-16(19)22/h3-7,12H,8-11,13H2,1-2H3,(H,23,26). The van der Waals surface area contributed by atoms with Crippen LogP contribution < -0.4 is 14.8 Å². The van der Waals surface area contributed by atoms with Crippen LogP contribution in [0.1, 0.15) is 5.56 Å². The zero-order valence-corrected chi connectivity index (χ0v) is 15.9. The molecule has 2 aromatic carbocycles. The molecule has 0 bridgehead atoms. The van der Waals surface area contributed by atoms with Crippen molar-refractivity contribution in [3.8, 4) is 11.5 Å². The first-order chi connectivity index (χ1) is 13.5. The molecule has 2 amide bonds. The van der Waals surface area contributed by atoms with Gasteiger partial charge in [0.05, 0.1) is 14.2 Å². The number of urea groups is 1. The first-order valence-corrected chi connectivity index (χ1v) is 8.95. The van der Waals surface area contributed by atoms with Gasteiger partial charge >= 0.3 is 6.03 Å². The van der Waals surface area contributed by atoms with Crippen LogP contribution in [0, 0.1) is 11.6 Å². The van der Waals surface area contributed by atoms with Crippen molar-refractivity contribution in [2.75, 3.05) is 45.7 Å². The van der Waals surface area contributed by atoms with E-state index in [1.807, 2.05) is 18.2 Å². The smallest absolute Gasteiger partial charge is 0.322 e. The summed E-state index contributed by atoms with van der Waals surface area (Å²) in [6.07, 6.45) is 0. The molecule has 1 aliphatic rings. The Bertz CT molecular complexity index is 819. The Hall–Kier alpha value is -2.87. The number of nitrogens with zero attached hydrogens (tertiary/aromatic N) is 2. The highest BCUT2D eigenvalue weighted by Gasteiger charge is 2.23. The summed E-state index contributed by atoms with van der Waals surface area (Å²) < 4.78 is 38.0. The number of carbonyl (C=O) groups is 1. The number of anilines is 1. The molecule has 1 saturated heterocycles. The molecule has 0 atom stereocenters. The molecule has 1 N–H and O–H groups in total. The minimum absolute atomic E-state index is 0.416. The van der Waals surface area contributed by atoms with E-state index < -0.39 is 23.4 Å². The topological polar surface area (TPSA) is 54.0 Å². The number of rotatable bonds is 5. The van der Waals surface area contributed by atoms with Gasteiger partial charge in [-0.05, 0) is 29.8 Å². The van der Waals surface area contributed by atoms with Crippen molar-refractivity contribution in [3.05, 3.63) is 53.6 Å². The monoisotopic (exact) mass is 391 g/mol. The largest absolute Gasteiger partial charge is 0.493 e. The molecule has 3 rings (SSSR count). The van der Waals surface area contributed by atoms with Gasteiger partial charge in [0.2, 0.25) is 0 Å². The minimum atomic E-state index is -0.791. The highest BCUT2D eigenvalue weighted by Crippen LogP contribution is 2.28. The molecule has 0 unspecified atom stereocenters. The van der Waals surface area contributed by atoms with Crippen molar-refractivity contribution in [2.24, 2.45) is 0 Å². The van der Waals surface area contributed by atoms with Crippen LogP contribution in [0.2, 0.25) is 0 Å². The van der Waals surface area contributed by atoms with E-state index >= 15 is 0 Å². The number of hydrogen-bond donors (Lipinski definition) is 1. The number of hydrogen-bond acceptors (Lipinski definition) is 4. The molecular weight excluding hydrogens is 368 g/mol. The third-order valence-corrected chi connectivity index (χ3v) is 4.71. The summed E-state index contributed by atoms with van der Waals surface area (Å²) in [5.41, 5.74) is 0.657. The van der Waals surface area contributed by atoms with Crippen molar-refractivity contribution in [1.82, 2.24) is 9.80 Å². The number of para-hydroxylation sites is 1. The van der Waals surface area contributed by atoms with E-state index in [4.69, 9.17) is 9.47 Å². The van der Waals surface area contributed by atoms with E-state index in [-0.39, 0.29) is 0 Å². The molecule has 0 spiro atoms. The van der Waals surface area contributed by atoms with Crippen LogP contribution in [-0.4, -0.2) is 56.2 Å². The van der Waals surface area contributed by atoms with Crippen molar-refractivity contribution in [1.29, 1.82) is 0 Å². The lowest BCUT2D eigenvalue weighted by Gasteiger charge is -2.34. The first-order valence-electron chi connectivity index (χ1n) is 8.95. The third-order valence-electron chi connectivity index (χ3n) is 4.71. The number of methoxy groups -OCH3 is 2. The first kappa shape index (κ1) is 19.9. The summed E-state index contributed by atoms with van der Waals surface area (Å²) in [5, 5.41) is 2.33. The van der Waals surface area contributed by atoms with E-state index in [0.29, 0.717) is 44.2 Å². The average molecular weight is 391 g/mol. The van der Waals surface area contributed by atoms with Crippen LogP contribution >= 0.6 is 0 Å². The molecule has 0 aliphatic carbocycles. The van der Waals surface area contributed by atoms with Crippen LogP contribution in [0.4, 0.5) is 19.3 Å². The molecule has 0 radical (unpaired) electrons. The van der Waals surface area contributed by atoms with Gasteiger partial charge in [-0.1, -0.05) is 12.1 Å². The fourth-order valence-electron chi connectivity index (χ4n) is 3.15. The summed E-state index contributed by atoms with van der Waals surface area (Å²) in [4.78, 5) is 16.1. The normalized spacial score (nSPS) is 14.6. The van der Waals surface area contributed by atoms with Gasteiger partial charge in [0.25, 0.3) is 0 Å². The second kappa shape index (κ2) is 8.88. The summed E-state index contributed by atoms with van der Waals surface area (Å²) in [7, 11) is 3.19. The Labute approximate surface area is 162 Å². The van der Waals surface area contributed by atoms with E-state index in [0.717, 1.165) is 17.7 Å². The van der Waals surface area contributed by atoms with Crippen LogP contribution in [-0.2, 0) is 6.54 Å². The van der Waals surface area contributed by atoms with Crippen LogP contribution in [0.25, 0.3) is 0 Å². The average Bonchev–Trinajstić information content (AvgIpc) is 2.71. The number of benzene rings is 2. The third kappa shape index (κ3) is 4.51. The van der Waals surface area contributed by atoms with E-state index in [1.54, 1.807) is 19.1 Å². The molecule has 150 valence electrons. The Balaban J connectivity index is 1.55. The van der Waals surface area contributed by atoms with Crippen molar-refractivity contribution in [2.45, 2.75) is 6.54 Å². The second-order valence-electron chi connectivity index (χ2n) is 6.48. The molecular formula is C20H23F2N3O3. The zero-order valence-electron chi connectivity index (χ0n) is 15.9. The summed E-state index contributed by atoms with van der Waals surface area (Å²) in [5.74, 6) is -0.237. The lowest BCUT2D eigenvalue weighted by molar-refractivity contribution is 0.142. The molecule has 8 heteroatoms. The van der Waals surface area contributed by atoms with Crippen molar-refractivity contribution >= 4 is 11.7 Å². The predicted octanol–water partition coefficient (Wildman–Crippen LogP) is 3.33. The lowest BCUT2D eigenvalue weighted by Crippen LogP contribution is -2.49. The SMILES string of the molecule is COc1ccc(CN2CCN(C(=O)Nc3c(F)cccc3F)CC2)cc1OC. The molecule has 6 nitrogen and oxygen atoms in total. The molecule has 0 saturated carbocycles. The fraction of sp³-hybridized carbons (Fsp3) is 0.350. The van der Waals surface area contributed by atoms with Gasteiger partial charge < -0.3 is 19.7 Å². The summed E-state index contributed by atoms with van der Waals surface area (Å²) >= 11 is 0. The van der Waals surface area contributed by atoms with Crippen LogP contribution in [0.15, 0.2) is 36.4 Å². The van der Waals surface area contributed by atoms with Crippen molar-refractivity contribution in [3.63, 3.8) is 0 Å². The Morgan fingerprint density at radius 1 is 1.00 bits per heavy atom. The molecule has 28 heavy (non-hydrogen) atoms. The quantitative estimate of drug-likeness (QED) is 0.850. The molecule has 2 aromatic rings. The Morgan fingerprint density at radius 2 is 1.64 bits per heavy atom. The molecule has 1 fully saturated rings. The number of ether oxygens (including phenoxy) is 2. The highest BCUT2D eigenvalue weighted by molar-refractivity contribution is 5.89. The number of piperazine rings is 1. The summed E-state index contributed by atoms with van der Waals surface area (Å²) in [6.45, 7) is 2.95. The second-order valence-corrected chi connectivity index (χ2v) is 6.48. The Kier molecular flexibility index (Phi) is 6.30. The maximum Gasteiger partial charge on any atom is 0.322 e. The van der Waals surface area contributed by atoms with Gasteiger partial charge in [-0.2, -0.15) is 0 Å². The lowest BCUT2D eigenvalue weighted by atomic mass is 10.1. The number of halogens is 2. The fourth-order valence-corrected chi connectivity index (χ4v) is 3.15. The van der Waals surface area contributed by atoms with Gasteiger partial charge in [0.15, 0.2) is 11.5 Å². The van der Waals surface area contributed by atoms with Crippen molar-refractivity contribution < 1.29 is 23.0 Å².